The van der Waals surface area contributed by atoms with Crippen LogP contribution in [-0.4, -0.2) is 35.0 Å². The van der Waals surface area contributed by atoms with Crippen LogP contribution in [0.2, 0.25) is 0 Å². The van der Waals surface area contributed by atoms with Crippen LogP contribution in [0.25, 0.3) is 0 Å². The Morgan fingerprint density at radius 2 is 2.00 bits per heavy atom. The molecule has 0 aromatic carbocycles. The average Bonchev–Trinajstić information content (AvgIpc) is 2.74. The number of ether oxygens (including phenoxy) is 2. The van der Waals surface area contributed by atoms with Crippen molar-refractivity contribution in [2.45, 2.75) is 58.7 Å². The van der Waals surface area contributed by atoms with Gasteiger partial charge >= 0.3 is 6.09 Å². The Balaban J connectivity index is 2.74. The molecule has 0 atom stereocenters. The minimum Gasteiger partial charge on any atom is -0.444 e. The number of amides is 1. The molecule has 6 nitrogen and oxygen atoms in total. The van der Waals surface area contributed by atoms with Crippen molar-refractivity contribution >= 4 is 6.09 Å². The number of hydrogen-bond donors (Lipinski definition) is 1. The zero-order valence-corrected chi connectivity index (χ0v) is 13.9. The molecule has 1 amide bonds. The lowest BCUT2D eigenvalue weighted by Gasteiger charge is -2.29. The maximum Gasteiger partial charge on any atom is 0.408 e. The summed E-state index contributed by atoms with van der Waals surface area (Å²) in [5, 5.41) is 2.89. The molecule has 1 heterocycles. The Morgan fingerprint density at radius 3 is 2.57 bits per heavy atom. The quantitative estimate of drug-likeness (QED) is 0.820. The van der Waals surface area contributed by atoms with Crippen molar-refractivity contribution in [3.63, 3.8) is 0 Å². The van der Waals surface area contributed by atoms with Crippen LogP contribution in [0.4, 0.5) is 4.79 Å². The highest BCUT2D eigenvalue weighted by molar-refractivity contribution is 5.68. The largest absolute Gasteiger partial charge is 0.444 e. The van der Waals surface area contributed by atoms with Gasteiger partial charge in [-0.05, 0) is 41.0 Å². The molecule has 1 aromatic heterocycles. The van der Waals surface area contributed by atoms with Crippen LogP contribution in [0.5, 0.6) is 0 Å². The second-order valence-electron chi connectivity index (χ2n) is 6.57. The van der Waals surface area contributed by atoms with Gasteiger partial charge in [-0.1, -0.05) is 0 Å². The van der Waals surface area contributed by atoms with E-state index < -0.39 is 17.2 Å². The van der Waals surface area contributed by atoms with Crippen molar-refractivity contribution in [1.82, 2.24) is 14.9 Å². The van der Waals surface area contributed by atoms with Crippen molar-refractivity contribution in [3.8, 4) is 0 Å². The lowest BCUT2D eigenvalue weighted by Crippen LogP contribution is -2.44. The third kappa shape index (κ3) is 5.75. The number of carbonyl (C=O) groups excluding carboxylic acids is 1. The Hall–Kier alpha value is -1.56. The summed E-state index contributed by atoms with van der Waals surface area (Å²) in [4.78, 5) is 16.1. The summed E-state index contributed by atoms with van der Waals surface area (Å²) in [6.07, 6.45) is 3.99. The molecule has 1 aromatic rings. The highest BCUT2D eigenvalue weighted by atomic mass is 16.6. The second kappa shape index (κ2) is 6.93. The summed E-state index contributed by atoms with van der Waals surface area (Å²) in [6.45, 7) is 10.9. The van der Waals surface area contributed by atoms with Crippen molar-refractivity contribution in [1.29, 1.82) is 0 Å². The molecule has 0 unspecified atom stereocenters. The highest BCUT2D eigenvalue weighted by Crippen LogP contribution is 2.21. The van der Waals surface area contributed by atoms with Gasteiger partial charge < -0.3 is 19.4 Å². The van der Waals surface area contributed by atoms with Crippen LogP contribution in [0.1, 0.15) is 46.7 Å². The predicted octanol–water partition coefficient (Wildman–Crippen LogP) is 2.68. The Labute approximate surface area is 126 Å². The molecular weight excluding hydrogens is 270 g/mol. The number of imidazole rings is 1. The number of rotatable bonds is 6. The fourth-order valence-electron chi connectivity index (χ4n) is 2.02. The molecule has 0 aliphatic rings. The summed E-state index contributed by atoms with van der Waals surface area (Å²) in [5.41, 5.74) is -0.144. The van der Waals surface area contributed by atoms with Crippen molar-refractivity contribution in [2.75, 3.05) is 13.7 Å². The average molecular weight is 297 g/mol. The zero-order valence-electron chi connectivity index (χ0n) is 13.9. The fourth-order valence-corrected chi connectivity index (χ4v) is 2.02. The zero-order chi connectivity index (χ0) is 16.1. The minimum absolute atomic E-state index is 0.433. The van der Waals surface area contributed by atoms with E-state index in [1.54, 1.807) is 19.6 Å². The van der Waals surface area contributed by atoms with Gasteiger partial charge in [-0.2, -0.15) is 0 Å². The van der Waals surface area contributed by atoms with Gasteiger partial charge in [0.15, 0.2) is 0 Å². The summed E-state index contributed by atoms with van der Waals surface area (Å²) in [5.74, 6) is 0. The molecule has 1 rings (SSSR count). The van der Waals surface area contributed by atoms with Crippen molar-refractivity contribution in [3.05, 3.63) is 18.2 Å². The van der Waals surface area contributed by atoms with E-state index in [0.717, 1.165) is 18.7 Å². The van der Waals surface area contributed by atoms with Crippen LogP contribution in [0.15, 0.2) is 12.5 Å². The van der Waals surface area contributed by atoms with Crippen molar-refractivity contribution < 1.29 is 14.3 Å². The van der Waals surface area contributed by atoms with Gasteiger partial charge in [0.25, 0.3) is 0 Å². The molecule has 0 saturated carbocycles. The number of nitrogens with one attached hydrogen (secondary N) is 1. The summed E-state index contributed by atoms with van der Waals surface area (Å²) in [7, 11) is 1.68. The SMILES string of the molecule is COCCCn1cncc1C(C)(C)NC(=O)OC(C)(C)C. The number of hydrogen-bond acceptors (Lipinski definition) is 4. The van der Waals surface area contributed by atoms with Gasteiger partial charge in [0, 0.05) is 20.3 Å². The number of aromatic nitrogens is 2. The molecule has 6 heteroatoms. The Morgan fingerprint density at radius 1 is 1.33 bits per heavy atom. The van der Waals surface area contributed by atoms with E-state index in [9.17, 15) is 4.79 Å². The van der Waals surface area contributed by atoms with Gasteiger partial charge in [-0.25, -0.2) is 9.78 Å². The third-order valence-corrected chi connectivity index (χ3v) is 2.91. The monoisotopic (exact) mass is 297 g/mol. The number of methoxy groups -OCH3 is 1. The number of aryl methyl sites for hydroxylation is 1. The third-order valence-electron chi connectivity index (χ3n) is 2.91. The van der Waals surface area contributed by atoms with E-state index in [1.165, 1.54) is 0 Å². The molecule has 0 aliphatic heterocycles. The van der Waals surface area contributed by atoms with Crippen LogP contribution >= 0.6 is 0 Å². The molecule has 0 aliphatic carbocycles. The van der Waals surface area contributed by atoms with Crippen LogP contribution in [0, 0.1) is 0 Å². The van der Waals surface area contributed by atoms with E-state index in [2.05, 4.69) is 10.3 Å². The molecule has 0 bridgehead atoms. The number of alkyl carbamates (subject to hydrolysis) is 1. The molecule has 120 valence electrons. The minimum atomic E-state index is -0.564. The van der Waals surface area contributed by atoms with E-state index in [0.29, 0.717) is 6.61 Å². The van der Waals surface area contributed by atoms with Crippen LogP contribution in [0.3, 0.4) is 0 Å². The Kier molecular flexibility index (Phi) is 5.78. The molecule has 1 N–H and O–H groups in total. The maximum absolute atomic E-state index is 12.0. The normalized spacial score (nSPS) is 12.3. The Bertz CT molecular complexity index is 461. The summed E-state index contributed by atoms with van der Waals surface area (Å²) in [6, 6.07) is 0. The molecular formula is C15H27N3O3. The van der Waals surface area contributed by atoms with E-state index >= 15 is 0 Å². The first-order valence-corrected chi connectivity index (χ1v) is 7.16. The first-order chi connectivity index (χ1) is 9.65. The summed E-state index contributed by atoms with van der Waals surface area (Å²) >= 11 is 0. The second-order valence-corrected chi connectivity index (χ2v) is 6.57. The van der Waals surface area contributed by atoms with E-state index in [-0.39, 0.29) is 0 Å². The van der Waals surface area contributed by atoms with Crippen molar-refractivity contribution in [2.24, 2.45) is 0 Å². The topological polar surface area (TPSA) is 65.4 Å². The summed E-state index contributed by atoms with van der Waals surface area (Å²) < 4.78 is 12.4. The smallest absolute Gasteiger partial charge is 0.408 e. The van der Waals surface area contributed by atoms with Crippen LogP contribution < -0.4 is 5.32 Å². The lowest BCUT2D eigenvalue weighted by molar-refractivity contribution is 0.0466. The standard InChI is InChI=1S/C15H27N3O3/c1-14(2,3)21-13(19)17-15(4,5)12-10-16-11-18(12)8-7-9-20-6/h10-11H,7-9H2,1-6H3,(H,17,19). The highest BCUT2D eigenvalue weighted by Gasteiger charge is 2.28. The molecule has 0 radical (unpaired) electrons. The van der Waals surface area contributed by atoms with Crippen LogP contribution in [-0.2, 0) is 21.6 Å². The molecule has 21 heavy (non-hydrogen) atoms. The fraction of sp³-hybridized carbons (Fsp3) is 0.733. The predicted molar refractivity (Wildman–Crippen MR) is 81.1 cm³/mol. The first kappa shape index (κ1) is 17.5. The molecule has 0 spiro atoms. The lowest BCUT2D eigenvalue weighted by atomic mass is 10.0. The van der Waals surface area contributed by atoms with Gasteiger partial charge in [0.2, 0.25) is 0 Å². The maximum atomic E-state index is 12.0. The van der Waals surface area contributed by atoms with E-state index in [1.807, 2.05) is 39.2 Å². The van der Waals surface area contributed by atoms with E-state index in [4.69, 9.17) is 9.47 Å². The van der Waals surface area contributed by atoms with Gasteiger partial charge in [0.1, 0.15) is 5.60 Å². The number of carbonyl (C=O) groups is 1. The molecule has 0 saturated heterocycles. The van der Waals surface area contributed by atoms with Gasteiger partial charge in [-0.3, -0.25) is 0 Å². The van der Waals surface area contributed by atoms with Gasteiger partial charge in [0.05, 0.1) is 23.8 Å². The van der Waals surface area contributed by atoms with Gasteiger partial charge in [-0.15, -0.1) is 0 Å². The number of nitrogens with zero attached hydrogens (tertiary/aromatic N) is 2. The first-order valence-electron chi connectivity index (χ1n) is 7.16. The molecule has 0 fully saturated rings.